The maximum atomic E-state index is 11.9. The molecule has 1 aromatic rings. The zero-order chi connectivity index (χ0) is 14.8. The third-order valence-electron chi connectivity index (χ3n) is 3.74. The van der Waals surface area contributed by atoms with E-state index in [2.05, 4.69) is 14.9 Å². The van der Waals surface area contributed by atoms with Crippen LogP contribution in [-0.2, 0) is 14.3 Å². The molecule has 0 saturated carbocycles. The van der Waals surface area contributed by atoms with Gasteiger partial charge in [-0.3, -0.25) is 0 Å². The van der Waals surface area contributed by atoms with Crippen molar-refractivity contribution < 1.29 is 14.3 Å². The van der Waals surface area contributed by atoms with Gasteiger partial charge in [-0.1, -0.05) is 0 Å². The molecule has 1 unspecified atom stereocenters. The Morgan fingerprint density at radius 2 is 2.52 bits per heavy atom. The third-order valence-corrected chi connectivity index (χ3v) is 3.74. The van der Waals surface area contributed by atoms with Gasteiger partial charge in [0.1, 0.15) is 11.4 Å². The highest BCUT2D eigenvalue weighted by atomic mass is 16.5. The molecule has 0 amide bonds. The molecular weight excluding hydrogens is 272 g/mol. The molecule has 3 rings (SSSR count). The maximum absolute atomic E-state index is 11.9. The Kier molecular flexibility index (Phi) is 3.74. The van der Waals surface area contributed by atoms with Crippen LogP contribution in [0.2, 0.25) is 0 Å². The number of rotatable bonds is 4. The van der Waals surface area contributed by atoms with Crippen molar-refractivity contribution in [2.75, 3.05) is 24.7 Å². The van der Waals surface area contributed by atoms with Crippen molar-refractivity contribution in [3.8, 4) is 0 Å². The Hall–Kier alpha value is -2.15. The van der Waals surface area contributed by atoms with Gasteiger partial charge in [0, 0.05) is 18.9 Å². The second-order valence-corrected chi connectivity index (χ2v) is 5.04. The van der Waals surface area contributed by atoms with Crippen LogP contribution in [0.25, 0.3) is 5.57 Å². The molecule has 2 bridgehead atoms. The molecule has 0 aromatic carbocycles. The number of anilines is 1. The van der Waals surface area contributed by atoms with Crippen LogP contribution >= 0.6 is 0 Å². The maximum Gasteiger partial charge on any atom is 0.343 e. The van der Waals surface area contributed by atoms with Gasteiger partial charge < -0.3 is 20.1 Å². The van der Waals surface area contributed by atoms with E-state index in [9.17, 15) is 4.79 Å². The lowest BCUT2D eigenvalue weighted by Crippen LogP contribution is -2.37. The van der Waals surface area contributed by atoms with Crippen molar-refractivity contribution in [3.63, 3.8) is 0 Å². The molecule has 2 N–H and O–H groups in total. The van der Waals surface area contributed by atoms with Crippen LogP contribution in [0.1, 0.15) is 19.2 Å². The molecule has 0 radical (unpaired) electrons. The number of hydrogen-bond donors (Lipinski definition) is 1. The fraction of sp³-hybridized carbons (Fsp3) is 0.500. The number of fused-ring (bicyclic) bond motifs is 2. The van der Waals surface area contributed by atoms with Crippen molar-refractivity contribution in [1.29, 1.82) is 0 Å². The summed E-state index contributed by atoms with van der Waals surface area (Å²) in [5.41, 5.74) is 5.70. The largest absolute Gasteiger partial charge is 0.462 e. The summed E-state index contributed by atoms with van der Waals surface area (Å²) >= 11 is 0. The quantitative estimate of drug-likeness (QED) is 0.630. The number of nitrogens with two attached hydrogens (primary N) is 1. The predicted molar refractivity (Wildman–Crippen MR) is 76.3 cm³/mol. The van der Waals surface area contributed by atoms with Crippen molar-refractivity contribution in [2.45, 2.75) is 25.5 Å². The summed E-state index contributed by atoms with van der Waals surface area (Å²) in [6.07, 6.45) is 4.13. The molecule has 2 aliphatic rings. The Labute approximate surface area is 122 Å². The molecule has 0 aliphatic carbocycles. The van der Waals surface area contributed by atoms with Crippen molar-refractivity contribution in [2.24, 2.45) is 5.73 Å². The summed E-state index contributed by atoms with van der Waals surface area (Å²) in [6, 6.07) is 2.19. The molecule has 2 atom stereocenters. The van der Waals surface area contributed by atoms with Gasteiger partial charge >= 0.3 is 5.97 Å². The number of esters is 1. The molecule has 2 fully saturated rings. The Balaban J connectivity index is 1.84. The van der Waals surface area contributed by atoms with E-state index < -0.39 is 5.97 Å². The lowest BCUT2D eigenvalue weighted by Gasteiger charge is -2.27. The van der Waals surface area contributed by atoms with Crippen LogP contribution in [0.4, 0.5) is 5.82 Å². The predicted octanol–water partition coefficient (Wildman–Crippen LogP) is 0.317. The number of aromatic nitrogens is 2. The molecule has 7 heteroatoms. The second-order valence-electron chi connectivity index (χ2n) is 5.04. The van der Waals surface area contributed by atoms with Gasteiger partial charge in [0.2, 0.25) is 0 Å². The molecule has 2 aliphatic heterocycles. The first kappa shape index (κ1) is 13.8. The topological polar surface area (TPSA) is 90.6 Å². The Morgan fingerprint density at radius 1 is 1.67 bits per heavy atom. The first-order valence-electron chi connectivity index (χ1n) is 7.03. The minimum absolute atomic E-state index is 0.180. The third kappa shape index (κ3) is 2.56. The zero-order valence-corrected chi connectivity index (χ0v) is 11.9. The lowest BCUT2D eigenvalue weighted by molar-refractivity contribution is -0.136. The molecular formula is C14H18N4O3. The van der Waals surface area contributed by atoms with Gasteiger partial charge in [-0.2, -0.15) is 0 Å². The SMILES string of the molecule is CCOC(=O)C(=CN)c1nccc(N2C[C@@H]3CC2CO3)n1. The van der Waals surface area contributed by atoms with E-state index in [-0.39, 0.29) is 24.1 Å². The number of carbonyl (C=O) groups excluding carboxylic acids is 1. The zero-order valence-electron chi connectivity index (χ0n) is 11.9. The van der Waals surface area contributed by atoms with E-state index in [1.807, 2.05) is 6.07 Å². The average molecular weight is 290 g/mol. The summed E-state index contributed by atoms with van der Waals surface area (Å²) in [5.74, 6) is 0.569. The van der Waals surface area contributed by atoms with Crippen LogP contribution in [0.5, 0.6) is 0 Å². The summed E-state index contributed by atoms with van der Waals surface area (Å²) in [6.45, 7) is 3.57. The fourth-order valence-corrected chi connectivity index (χ4v) is 2.76. The standard InChI is InChI=1S/C14H18N4O3/c1-2-20-14(19)11(6-15)13-16-4-3-12(17-13)18-7-10-5-9(18)8-21-10/h3-4,6,9-10H,2,5,7-8,15H2,1H3/t9?,10-/m0/s1. The van der Waals surface area contributed by atoms with Crippen molar-refractivity contribution in [3.05, 3.63) is 24.3 Å². The minimum Gasteiger partial charge on any atom is -0.462 e. The van der Waals surface area contributed by atoms with Gasteiger partial charge in [-0.15, -0.1) is 0 Å². The first-order chi connectivity index (χ1) is 10.2. The van der Waals surface area contributed by atoms with Gasteiger partial charge in [0.05, 0.1) is 25.4 Å². The molecule has 7 nitrogen and oxygen atoms in total. The fourth-order valence-electron chi connectivity index (χ4n) is 2.76. The smallest absolute Gasteiger partial charge is 0.343 e. The van der Waals surface area contributed by atoms with Gasteiger partial charge in [0.15, 0.2) is 5.82 Å². The molecule has 3 heterocycles. The Bertz CT molecular complexity index is 575. The van der Waals surface area contributed by atoms with E-state index in [1.54, 1.807) is 13.1 Å². The highest BCUT2D eigenvalue weighted by molar-refractivity contribution is 6.15. The number of morpholine rings is 1. The molecule has 1 aromatic heterocycles. The van der Waals surface area contributed by atoms with E-state index >= 15 is 0 Å². The monoisotopic (exact) mass is 290 g/mol. The van der Waals surface area contributed by atoms with Crippen molar-refractivity contribution in [1.82, 2.24) is 9.97 Å². The van der Waals surface area contributed by atoms with E-state index in [4.69, 9.17) is 15.2 Å². The normalized spacial score (nSPS) is 24.4. The van der Waals surface area contributed by atoms with E-state index in [1.165, 1.54) is 6.20 Å². The minimum atomic E-state index is -0.511. The number of nitrogens with zero attached hydrogens (tertiary/aromatic N) is 3. The Morgan fingerprint density at radius 3 is 3.14 bits per heavy atom. The summed E-state index contributed by atoms with van der Waals surface area (Å²) in [5, 5.41) is 0. The average Bonchev–Trinajstić information content (AvgIpc) is 3.11. The molecule has 21 heavy (non-hydrogen) atoms. The molecule has 0 spiro atoms. The van der Waals surface area contributed by atoms with E-state index in [0.29, 0.717) is 6.04 Å². The summed E-state index contributed by atoms with van der Waals surface area (Å²) in [7, 11) is 0. The number of hydrogen-bond acceptors (Lipinski definition) is 7. The van der Waals surface area contributed by atoms with Crippen molar-refractivity contribution >= 4 is 17.4 Å². The van der Waals surface area contributed by atoms with Crippen LogP contribution in [0.15, 0.2) is 18.5 Å². The summed E-state index contributed by atoms with van der Waals surface area (Å²) in [4.78, 5) is 22.6. The highest BCUT2D eigenvalue weighted by Gasteiger charge is 2.39. The van der Waals surface area contributed by atoms with Crippen LogP contribution in [0, 0.1) is 0 Å². The van der Waals surface area contributed by atoms with Crippen LogP contribution < -0.4 is 10.6 Å². The van der Waals surface area contributed by atoms with Gasteiger partial charge in [-0.25, -0.2) is 14.8 Å². The lowest BCUT2D eigenvalue weighted by atomic mass is 10.2. The summed E-state index contributed by atoms with van der Waals surface area (Å²) < 4.78 is 10.5. The van der Waals surface area contributed by atoms with E-state index in [0.717, 1.165) is 25.4 Å². The number of ether oxygens (including phenoxy) is 2. The second kappa shape index (κ2) is 5.69. The number of carbonyl (C=O) groups is 1. The first-order valence-corrected chi connectivity index (χ1v) is 7.03. The van der Waals surface area contributed by atoms with Gasteiger partial charge in [-0.05, 0) is 19.4 Å². The van der Waals surface area contributed by atoms with Crippen LogP contribution in [0.3, 0.4) is 0 Å². The molecule has 112 valence electrons. The molecule has 2 saturated heterocycles. The van der Waals surface area contributed by atoms with Gasteiger partial charge in [0.25, 0.3) is 0 Å². The highest BCUT2D eigenvalue weighted by Crippen LogP contribution is 2.31. The van der Waals surface area contributed by atoms with Crippen LogP contribution in [-0.4, -0.2) is 47.8 Å².